The number of carbonyl (C=O) groups is 1. The molecular weight excluding hydrogens is 288 g/mol. The maximum Gasteiger partial charge on any atom is 0.216 e. The molecule has 2 aromatic rings. The van der Waals surface area contributed by atoms with Crippen LogP contribution in [0.15, 0.2) is 59.5 Å². The minimum absolute atomic E-state index is 0.237. The smallest absolute Gasteiger partial charge is 0.216 e. The normalized spacial score (nSPS) is 12.6. The maximum absolute atomic E-state index is 12.5. The molecule has 0 saturated carbocycles. The molecule has 0 aliphatic heterocycles. The molecule has 0 saturated heterocycles. The van der Waals surface area contributed by atoms with Crippen molar-refractivity contribution in [3.63, 3.8) is 0 Å². The molecule has 0 radical (unpaired) electrons. The summed E-state index contributed by atoms with van der Waals surface area (Å²) in [6.45, 7) is 1.75. The van der Waals surface area contributed by atoms with Crippen molar-refractivity contribution in [2.45, 2.75) is 23.7 Å². The average molecular weight is 304 g/mol. The maximum atomic E-state index is 12.5. The molecule has 0 aromatic heterocycles. The van der Waals surface area contributed by atoms with Gasteiger partial charge in [0.05, 0.1) is 4.90 Å². The zero-order chi connectivity index (χ0) is 15.3. The van der Waals surface area contributed by atoms with Gasteiger partial charge < -0.3 is 4.74 Å². The van der Waals surface area contributed by atoms with Crippen molar-refractivity contribution >= 4 is 16.1 Å². The highest BCUT2D eigenvalue weighted by Gasteiger charge is 2.27. The van der Waals surface area contributed by atoms with Crippen molar-refractivity contribution in [2.24, 2.45) is 0 Å². The number of rotatable bonds is 6. The summed E-state index contributed by atoms with van der Waals surface area (Å²) >= 11 is 0. The molecular formula is C16H16O4S. The van der Waals surface area contributed by atoms with E-state index in [1.807, 2.05) is 0 Å². The van der Waals surface area contributed by atoms with Crippen LogP contribution < -0.4 is 4.74 Å². The Kier molecular flexibility index (Phi) is 4.75. The molecule has 0 N–H and O–H groups in total. The predicted octanol–water partition coefficient (Wildman–Crippen LogP) is 3.09. The molecule has 0 spiro atoms. The fraction of sp³-hybridized carbons (Fsp3) is 0.188. The van der Waals surface area contributed by atoms with Crippen molar-refractivity contribution in [1.82, 2.24) is 0 Å². The van der Waals surface area contributed by atoms with Gasteiger partial charge in [-0.3, -0.25) is 4.79 Å². The first-order valence-electron chi connectivity index (χ1n) is 6.58. The van der Waals surface area contributed by atoms with E-state index in [1.54, 1.807) is 61.5 Å². The van der Waals surface area contributed by atoms with Crippen molar-refractivity contribution in [3.8, 4) is 5.75 Å². The molecule has 4 nitrogen and oxygen atoms in total. The third-order valence-electron chi connectivity index (χ3n) is 3.03. The summed E-state index contributed by atoms with van der Waals surface area (Å²) in [5.41, 5.74) is -0.441. The van der Waals surface area contributed by atoms with Crippen LogP contribution in [-0.4, -0.2) is 20.1 Å². The first-order chi connectivity index (χ1) is 10.1. The minimum Gasteiger partial charge on any atom is -0.474 e. The number of carbonyl (C=O) groups excluding carboxylic acids is 1. The second kappa shape index (κ2) is 6.54. The van der Waals surface area contributed by atoms with Gasteiger partial charge in [0.15, 0.2) is 0 Å². The van der Waals surface area contributed by atoms with Crippen molar-refractivity contribution in [2.75, 3.05) is 0 Å². The van der Waals surface area contributed by atoms with Crippen LogP contribution in [0.2, 0.25) is 0 Å². The highest BCUT2D eigenvalue weighted by Crippen LogP contribution is 2.22. The molecule has 0 amide bonds. The fourth-order valence-corrected chi connectivity index (χ4v) is 3.42. The summed E-state index contributed by atoms with van der Waals surface area (Å²) in [6, 6.07) is 14.6. The summed E-state index contributed by atoms with van der Waals surface area (Å²) in [5.74, 6) is 0.423. The third-order valence-corrected chi connectivity index (χ3v) is 5.09. The monoisotopic (exact) mass is 304 g/mol. The highest BCUT2D eigenvalue weighted by molar-refractivity contribution is 7.92. The topological polar surface area (TPSA) is 60.4 Å². The molecule has 0 aliphatic carbocycles. The van der Waals surface area contributed by atoms with Gasteiger partial charge in [-0.25, -0.2) is 8.42 Å². The number of ether oxygens (including phenoxy) is 1. The zero-order valence-corrected chi connectivity index (χ0v) is 12.4. The lowest BCUT2D eigenvalue weighted by atomic mass is 10.2. The Morgan fingerprint density at radius 2 is 1.67 bits per heavy atom. The van der Waals surface area contributed by atoms with Crippen molar-refractivity contribution < 1.29 is 17.9 Å². The summed E-state index contributed by atoms with van der Waals surface area (Å²) in [4.78, 5) is 10.8. The number of aldehydes is 1. The van der Waals surface area contributed by atoms with Crippen LogP contribution in [0.4, 0.5) is 0 Å². The summed E-state index contributed by atoms with van der Waals surface area (Å²) in [7, 11) is -3.56. The molecule has 2 rings (SSSR count). The summed E-state index contributed by atoms with van der Waals surface area (Å²) in [6.07, 6.45) is 1.05. The van der Waals surface area contributed by atoms with Gasteiger partial charge in [0.1, 0.15) is 12.0 Å². The van der Waals surface area contributed by atoms with Crippen LogP contribution in [0.1, 0.15) is 23.7 Å². The van der Waals surface area contributed by atoms with Gasteiger partial charge >= 0.3 is 0 Å². The Morgan fingerprint density at radius 3 is 2.19 bits per heavy atom. The Bertz CT molecular complexity index is 691. The zero-order valence-electron chi connectivity index (χ0n) is 11.6. The molecule has 0 aliphatic rings. The fourth-order valence-electron chi connectivity index (χ4n) is 1.90. The highest BCUT2D eigenvalue weighted by atomic mass is 32.2. The lowest BCUT2D eigenvalue weighted by Crippen LogP contribution is -2.27. The Balaban J connectivity index is 2.25. The quantitative estimate of drug-likeness (QED) is 0.769. The van der Waals surface area contributed by atoms with Crippen LogP contribution in [0.5, 0.6) is 5.75 Å². The number of benzene rings is 2. The van der Waals surface area contributed by atoms with Crippen LogP contribution in [0, 0.1) is 0 Å². The molecule has 2 aromatic carbocycles. The number of sulfone groups is 1. The number of hydrogen-bond acceptors (Lipinski definition) is 4. The van der Waals surface area contributed by atoms with Crippen LogP contribution in [0.3, 0.4) is 0 Å². The second-order valence-electron chi connectivity index (χ2n) is 4.50. The van der Waals surface area contributed by atoms with E-state index in [4.69, 9.17) is 4.74 Å². The van der Waals surface area contributed by atoms with Crippen LogP contribution >= 0.6 is 0 Å². The van der Waals surface area contributed by atoms with Gasteiger partial charge in [-0.15, -0.1) is 0 Å². The second-order valence-corrected chi connectivity index (χ2v) is 6.59. The molecule has 1 atom stereocenters. The molecule has 0 bridgehead atoms. The molecule has 21 heavy (non-hydrogen) atoms. The van der Waals surface area contributed by atoms with E-state index >= 15 is 0 Å². The van der Waals surface area contributed by atoms with E-state index in [1.165, 1.54) is 0 Å². The lowest BCUT2D eigenvalue weighted by Gasteiger charge is -2.18. The SMILES string of the molecule is CCC(Oc1ccc(C=O)cc1)S(=O)(=O)c1ccccc1. The van der Waals surface area contributed by atoms with Crippen molar-refractivity contribution in [3.05, 3.63) is 60.2 Å². The van der Waals surface area contributed by atoms with E-state index < -0.39 is 15.3 Å². The molecule has 1 unspecified atom stereocenters. The molecule has 110 valence electrons. The van der Waals surface area contributed by atoms with Gasteiger partial charge in [-0.05, 0) is 42.8 Å². The van der Waals surface area contributed by atoms with E-state index in [9.17, 15) is 13.2 Å². The van der Waals surface area contributed by atoms with Gasteiger partial charge in [0.2, 0.25) is 15.3 Å². The average Bonchev–Trinajstić information content (AvgIpc) is 2.53. The lowest BCUT2D eigenvalue weighted by molar-refractivity contribution is 0.112. The number of hydrogen-bond donors (Lipinski definition) is 0. The molecule has 0 heterocycles. The molecule has 5 heteroatoms. The first-order valence-corrected chi connectivity index (χ1v) is 8.13. The predicted molar refractivity (Wildman–Crippen MR) is 80.2 cm³/mol. The van der Waals surface area contributed by atoms with Crippen LogP contribution in [0.25, 0.3) is 0 Å². The summed E-state index contributed by atoms with van der Waals surface area (Å²) < 4.78 is 30.6. The van der Waals surface area contributed by atoms with Crippen LogP contribution in [-0.2, 0) is 9.84 Å². The van der Waals surface area contributed by atoms with Gasteiger partial charge in [-0.2, -0.15) is 0 Å². The minimum atomic E-state index is -3.56. The molecule has 0 fully saturated rings. The van der Waals surface area contributed by atoms with Gasteiger partial charge in [0.25, 0.3) is 0 Å². The van der Waals surface area contributed by atoms with E-state index in [0.29, 0.717) is 17.7 Å². The summed E-state index contributed by atoms with van der Waals surface area (Å²) in [5, 5.41) is 0. The van der Waals surface area contributed by atoms with E-state index in [0.717, 1.165) is 6.29 Å². The first kappa shape index (κ1) is 15.3. The van der Waals surface area contributed by atoms with Crippen molar-refractivity contribution in [1.29, 1.82) is 0 Å². The van der Waals surface area contributed by atoms with E-state index in [2.05, 4.69) is 0 Å². The standard InChI is InChI=1S/C16H16O4S/c1-2-16(20-14-10-8-13(12-17)9-11-14)21(18,19)15-6-4-3-5-7-15/h3-12,16H,2H2,1H3. The largest absolute Gasteiger partial charge is 0.474 e. The Labute approximate surface area is 124 Å². The Hall–Kier alpha value is -2.14. The van der Waals surface area contributed by atoms with Gasteiger partial charge in [0, 0.05) is 5.56 Å². The Morgan fingerprint density at radius 1 is 1.05 bits per heavy atom. The van der Waals surface area contributed by atoms with Gasteiger partial charge in [-0.1, -0.05) is 25.1 Å². The third kappa shape index (κ3) is 3.49. The van der Waals surface area contributed by atoms with E-state index in [-0.39, 0.29) is 4.90 Å².